The van der Waals surface area contributed by atoms with E-state index in [1.807, 2.05) is 70.2 Å². The molecule has 9 heteroatoms. The average molecular weight is 487 g/mol. The highest BCUT2D eigenvalue weighted by atomic mass is 35.5. The van der Waals surface area contributed by atoms with Crippen LogP contribution in [0.1, 0.15) is 57.8 Å². The topological polar surface area (TPSA) is 80.4 Å². The lowest BCUT2D eigenvalue weighted by atomic mass is 9.78. The van der Waals surface area contributed by atoms with Gasteiger partial charge in [-0.05, 0) is 63.6 Å². The van der Waals surface area contributed by atoms with Crippen molar-refractivity contribution in [3.8, 4) is 0 Å². The number of hydrogen-bond donors (Lipinski definition) is 2. The Bertz CT molecular complexity index is 1300. The van der Waals surface area contributed by atoms with Crippen molar-refractivity contribution in [2.24, 2.45) is 0 Å². The number of benzene rings is 2. The van der Waals surface area contributed by atoms with Crippen molar-refractivity contribution < 1.29 is 17.7 Å². The van der Waals surface area contributed by atoms with Crippen molar-refractivity contribution in [2.45, 2.75) is 63.0 Å². The van der Waals surface area contributed by atoms with E-state index in [4.69, 9.17) is 20.9 Å². The number of H-pyrrole nitrogens is 1. The molecule has 1 saturated heterocycles. The van der Waals surface area contributed by atoms with Crippen molar-refractivity contribution in [1.29, 1.82) is 0 Å². The second kappa shape index (κ2) is 7.85. The van der Waals surface area contributed by atoms with Crippen LogP contribution in [0.4, 0.5) is 0 Å². The number of fused-ring (bicyclic) bond motifs is 1. The van der Waals surface area contributed by atoms with E-state index in [9.17, 15) is 8.42 Å². The second-order valence-electron chi connectivity index (χ2n) is 9.94. The molecule has 1 aliphatic carbocycles. The molecule has 0 radical (unpaired) electrons. The van der Waals surface area contributed by atoms with E-state index < -0.39 is 34.4 Å². The zero-order valence-electron chi connectivity index (χ0n) is 19.2. The van der Waals surface area contributed by atoms with Crippen LogP contribution in [0.25, 0.3) is 10.9 Å². The molecule has 2 aliphatic rings. The summed E-state index contributed by atoms with van der Waals surface area (Å²) in [5.74, 6) is 0. The maximum atomic E-state index is 12.9. The largest absolute Gasteiger partial charge is 0.497 e. The van der Waals surface area contributed by atoms with Gasteiger partial charge >= 0.3 is 7.12 Å². The normalized spacial score (nSPS) is 20.9. The molecule has 2 fully saturated rings. The van der Waals surface area contributed by atoms with E-state index in [0.29, 0.717) is 29.1 Å². The van der Waals surface area contributed by atoms with Crippen molar-refractivity contribution in [3.05, 3.63) is 64.8 Å². The summed E-state index contributed by atoms with van der Waals surface area (Å²) >= 11 is 6.50. The molecule has 2 N–H and O–H groups in total. The quantitative estimate of drug-likeness (QED) is 0.509. The SMILES string of the molecule is CC1(C)OB(c2cccc3cc(C(NS(=O)(=O)C4CC4)c4ccccc4Cl)[nH]c23)OC1(C)C. The van der Waals surface area contributed by atoms with Gasteiger partial charge in [-0.2, -0.15) is 0 Å². The number of halogens is 1. The van der Waals surface area contributed by atoms with Crippen LogP contribution < -0.4 is 10.2 Å². The summed E-state index contributed by atoms with van der Waals surface area (Å²) in [5.41, 5.74) is 2.22. The zero-order valence-corrected chi connectivity index (χ0v) is 20.8. The summed E-state index contributed by atoms with van der Waals surface area (Å²) in [5, 5.41) is 1.11. The Balaban J connectivity index is 1.59. The highest BCUT2D eigenvalue weighted by Gasteiger charge is 2.52. The highest BCUT2D eigenvalue weighted by Crippen LogP contribution is 2.38. The minimum Gasteiger partial charge on any atom is -0.399 e. The third-order valence-corrected chi connectivity index (χ3v) is 9.25. The van der Waals surface area contributed by atoms with Crippen LogP contribution in [-0.4, -0.2) is 37.0 Å². The Hall–Kier alpha value is -1.84. The number of rotatable bonds is 6. The van der Waals surface area contributed by atoms with Crippen LogP contribution in [0.5, 0.6) is 0 Å². The fraction of sp³-hybridized carbons (Fsp3) is 0.417. The molecule has 0 amide bonds. The predicted octanol–water partition coefficient (Wildman–Crippen LogP) is 4.29. The first-order valence-corrected chi connectivity index (χ1v) is 13.1. The minimum atomic E-state index is -3.47. The van der Waals surface area contributed by atoms with Crippen LogP contribution in [0, 0.1) is 0 Å². The molecule has 2 aromatic carbocycles. The van der Waals surface area contributed by atoms with Crippen molar-refractivity contribution >= 4 is 45.1 Å². The van der Waals surface area contributed by atoms with Crippen LogP contribution in [0.3, 0.4) is 0 Å². The van der Waals surface area contributed by atoms with Gasteiger partial charge in [-0.25, -0.2) is 13.1 Å². The Morgan fingerprint density at radius 3 is 2.36 bits per heavy atom. The van der Waals surface area contributed by atoms with E-state index in [0.717, 1.165) is 16.4 Å². The molecule has 1 aromatic heterocycles. The summed E-state index contributed by atoms with van der Waals surface area (Å²) in [6.07, 6.45) is 1.37. The number of aromatic amines is 1. The summed E-state index contributed by atoms with van der Waals surface area (Å²) in [6.45, 7) is 8.08. The Kier molecular flexibility index (Phi) is 5.46. The molecule has 1 unspecified atom stereocenters. The summed E-state index contributed by atoms with van der Waals surface area (Å²) in [4.78, 5) is 3.46. The van der Waals surface area contributed by atoms with E-state index in [1.54, 1.807) is 6.07 Å². The molecule has 33 heavy (non-hydrogen) atoms. The van der Waals surface area contributed by atoms with Gasteiger partial charge in [-0.3, -0.25) is 0 Å². The first-order valence-electron chi connectivity index (χ1n) is 11.2. The molecule has 1 atom stereocenters. The number of nitrogens with one attached hydrogen (secondary N) is 2. The molecule has 2 heterocycles. The van der Waals surface area contributed by atoms with Crippen LogP contribution >= 0.6 is 11.6 Å². The standard InChI is InChI=1S/C24H28BClN2O4S/c1-23(2)24(3,4)32-25(31-23)18-10-7-8-15-14-20(27-21(15)18)22(17-9-5-6-11-19(17)26)28-33(29,30)16-12-13-16/h5-11,14,16,22,27-28H,12-13H2,1-4H3. The summed E-state index contributed by atoms with van der Waals surface area (Å²) < 4.78 is 41.2. The third kappa shape index (κ3) is 4.12. The van der Waals surface area contributed by atoms with Gasteiger partial charge in [-0.1, -0.05) is 48.0 Å². The monoisotopic (exact) mass is 486 g/mol. The first-order chi connectivity index (χ1) is 15.5. The van der Waals surface area contributed by atoms with E-state index in [1.165, 1.54) is 0 Å². The van der Waals surface area contributed by atoms with Gasteiger partial charge in [0.15, 0.2) is 0 Å². The number of hydrogen-bond acceptors (Lipinski definition) is 4. The third-order valence-electron chi connectivity index (χ3n) is 6.99. The van der Waals surface area contributed by atoms with Crippen molar-refractivity contribution in [3.63, 3.8) is 0 Å². The molecule has 6 nitrogen and oxygen atoms in total. The summed E-state index contributed by atoms with van der Waals surface area (Å²) in [6, 6.07) is 14.6. The Morgan fingerprint density at radius 2 is 1.73 bits per heavy atom. The highest BCUT2D eigenvalue weighted by molar-refractivity contribution is 7.90. The van der Waals surface area contributed by atoms with E-state index in [2.05, 4.69) is 9.71 Å². The lowest BCUT2D eigenvalue weighted by molar-refractivity contribution is 0.00578. The maximum absolute atomic E-state index is 12.9. The molecule has 1 saturated carbocycles. The molecule has 0 bridgehead atoms. The van der Waals surface area contributed by atoms with Gasteiger partial charge in [0.25, 0.3) is 0 Å². The smallest absolute Gasteiger partial charge is 0.399 e. The van der Waals surface area contributed by atoms with Crippen LogP contribution in [-0.2, 0) is 19.3 Å². The molecule has 1 aliphatic heterocycles. The van der Waals surface area contributed by atoms with Gasteiger partial charge in [0.2, 0.25) is 10.0 Å². The maximum Gasteiger partial charge on any atom is 0.497 e. The minimum absolute atomic E-state index is 0.341. The van der Waals surface area contributed by atoms with Gasteiger partial charge in [0, 0.05) is 21.7 Å². The van der Waals surface area contributed by atoms with Crippen molar-refractivity contribution in [1.82, 2.24) is 9.71 Å². The lowest BCUT2D eigenvalue weighted by Crippen LogP contribution is -2.41. The number of sulfonamides is 1. The van der Waals surface area contributed by atoms with Crippen LogP contribution in [0.15, 0.2) is 48.5 Å². The molecule has 174 valence electrons. The fourth-order valence-corrected chi connectivity index (χ4v) is 5.94. The van der Waals surface area contributed by atoms with Gasteiger partial charge in [0.1, 0.15) is 0 Å². The van der Waals surface area contributed by atoms with Gasteiger partial charge in [-0.15, -0.1) is 0 Å². The first kappa shape index (κ1) is 22.9. The van der Waals surface area contributed by atoms with E-state index >= 15 is 0 Å². The van der Waals surface area contributed by atoms with Crippen molar-refractivity contribution in [2.75, 3.05) is 0 Å². The Labute approximate surface area is 200 Å². The predicted molar refractivity (Wildman–Crippen MR) is 132 cm³/mol. The second-order valence-corrected chi connectivity index (χ2v) is 12.3. The molecule has 0 spiro atoms. The fourth-order valence-electron chi connectivity index (χ4n) is 4.17. The van der Waals surface area contributed by atoms with E-state index in [-0.39, 0.29) is 5.25 Å². The van der Waals surface area contributed by atoms with Gasteiger partial charge in [0.05, 0.1) is 22.5 Å². The lowest BCUT2D eigenvalue weighted by Gasteiger charge is -2.32. The number of aromatic nitrogens is 1. The average Bonchev–Trinajstić information content (AvgIpc) is 3.47. The zero-order chi connectivity index (χ0) is 23.6. The molecular formula is C24H28BClN2O4S. The molecule has 5 rings (SSSR count). The van der Waals surface area contributed by atoms with Crippen LogP contribution in [0.2, 0.25) is 5.02 Å². The molecule has 3 aromatic rings. The molecular weight excluding hydrogens is 459 g/mol. The number of para-hydroxylation sites is 1. The summed E-state index contributed by atoms with van der Waals surface area (Å²) in [7, 11) is -4.01. The Morgan fingerprint density at radius 1 is 1.06 bits per heavy atom. The van der Waals surface area contributed by atoms with Gasteiger partial charge < -0.3 is 14.3 Å².